The van der Waals surface area contributed by atoms with E-state index in [0.717, 1.165) is 0 Å². The van der Waals surface area contributed by atoms with Gasteiger partial charge in [-0.2, -0.15) is 5.26 Å². The summed E-state index contributed by atoms with van der Waals surface area (Å²) in [5, 5.41) is 22.9. The third-order valence-electron chi connectivity index (χ3n) is 2.53. The van der Waals surface area contributed by atoms with Crippen molar-refractivity contribution in [3.05, 3.63) is 57.1 Å². The number of nitrogens with two attached hydrogens (primary N) is 1. The lowest BCUT2D eigenvalue weighted by Gasteiger charge is -2.09. The average molecular weight is 289 g/mol. The summed E-state index contributed by atoms with van der Waals surface area (Å²) < 4.78 is 0. The fourth-order valence-corrected chi connectivity index (χ4v) is 1.82. The van der Waals surface area contributed by atoms with Crippen molar-refractivity contribution in [1.82, 2.24) is 0 Å². The van der Waals surface area contributed by atoms with Crippen molar-refractivity contribution < 1.29 is 4.92 Å². The lowest BCUT2D eigenvalue weighted by atomic mass is 10.2. The van der Waals surface area contributed by atoms with Crippen LogP contribution in [-0.2, 0) is 0 Å². The molecule has 0 unspecified atom stereocenters. The number of nitro groups is 1. The van der Waals surface area contributed by atoms with Crippen LogP contribution in [0.15, 0.2) is 36.4 Å². The van der Waals surface area contributed by atoms with Crippen molar-refractivity contribution in [2.24, 2.45) is 0 Å². The highest BCUT2D eigenvalue weighted by molar-refractivity contribution is 6.33. The Kier molecular flexibility index (Phi) is 3.73. The van der Waals surface area contributed by atoms with Gasteiger partial charge in [0.15, 0.2) is 0 Å². The van der Waals surface area contributed by atoms with Crippen molar-refractivity contribution in [3.8, 4) is 6.07 Å². The van der Waals surface area contributed by atoms with Gasteiger partial charge in [-0.1, -0.05) is 11.6 Å². The molecule has 0 aliphatic heterocycles. The predicted molar refractivity (Wildman–Crippen MR) is 77.0 cm³/mol. The molecule has 100 valence electrons. The molecule has 6 nitrogen and oxygen atoms in total. The number of hydrogen-bond donors (Lipinski definition) is 2. The molecule has 0 saturated carbocycles. The second-order valence-corrected chi connectivity index (χ2v) is 4.41. The number of nitrogens with zero attached hydrogens (tertiary/aromatic N) is 2. The number of halogens is 1. The monoisotopic (exact) mass is 288 g/mol. The Labute approximate surface area is 119 Å². The zero-order chi connectivity index (χ0) is 14.7. The number of hydrogen-bond acceptors (Lipinski definition) is 5. The van der Waals surface area contributed by atoms with Gasteiger partial charge in [-0.15, -0.1) is 0 Å². The quantitative estimate of drug-likeness (QED) is 0.511. The average Bonchev–Trinajstić information content (AvgIpc) is 2.40. The van der Waals surface area contributed by atoms with Crippen molar-refractivity contribution in [1.29, 1.82) is 5.26 Å². The van der Waals surface area contributed by atoms with Crippen LogP contribution in [0.5, 0.6) is 0 Å². The van der Waals surface area contributed by atoms with Gasteiger partial charge in [0.05, 0.1) is 27.3 Å². The molecule has 0 heterocycles. The maximum Gasteiger partial charge on any atom is 0.273 e. The molecule has 0 fully saturated rings. The van der Waals surface area contributed by atoms with E-state index in [-0.39, 0.29) is 11.4 Å². The van der Waals surface area contributed by atoms with Crippen LogP contribution in [0.1, 0.15) is 5.56 Å². The molecule has 3 N–H and O–H groups in total. The number of nitrogen functional groups attached to an aromatic ring is 1. The van der Waals surface area contributed by atoms with Crippen LogP contribution < -0.4 is 11.1 Å². The van der Waals surface area contributed by atoms with E-state index in [9.17, 15) is 10.1 Å². The van der Waals surface area contributed by atoms with E-state index >= 15 is 0 Å². The molecule has 20 heavy (non-hydrogen) atoms. The summed E-state index contributed by atoms with van der Waals surface area (Å²) in [7, 11) is 0. The van der Waals surface area contributed by atoms with Crippen LogP contribution in [0, 0.1) is 21.4 Å². The topological polar surface area (TPSA) is 105 Å². The van der Waals surface area contributed by atoms with E-state index < -0.39 is 4.92 Å². The Morgan fingerprint density at radius 1 is 1.30 bits per heavy atom. The van der Waals surface area contributed by atoms with Gasteiger partial charge in [0.25, 0.3) is 5.69 Å². The smallest absolute Gasteiger partial charge is 0.273 e. The van der Waals surface area contributed by atoms with Crippen molar-refractivity contribution >= 4 is 34.4 Å². The highest BCUT2D eigenvalue weighted by atomic mass is 35.5. The van der Waals surface area contributed by atoms with Gasteiger partial charge in [-0.05, 0) is 24.3 Å². The molecule has 0 radical (unpaired) electrons. The van der Waals surface area contributed by atoms with E-state index in [1.807, 2.05) is 6.07 Å². The van der Waals surface area contributed by atoms with Gasteiger partial charge in [-0.25, -0.2) is 0 Å². The molecule has 2 aromatic carbocycles. The van der Waals surface area contributed by atoms with Gasteiger partial charge in [0.2, 0.25) is 0 Å². The Hall–Kier alpha value is -2.78. The van der Waals surface area contributed by atoms with Crippen molar-refractivity contribution in [2.75, 3.05) is 11.1 Å². The molecule has 0 saturated heterocycles. The summed E-state index contributed by atoms with van der Waals surface area (Å²) in [6.07, 6.45) is 0. The first-order valence-electron chi connectivity index (χ1n) is 5.51. The van der Waals surface area contributed by atoms with E-state index in [2.05, 4.69) is 5.32 Å². The molecule has 0 aliphatic carbocycles. The number of nitrogens with one attached hydrogen (secondary N) is 1. The second kappa shape index (κ2) is 5.47. The lowest BCUT2D eigenvalue weighted by molar-refractivity contribution is -0.384. The molecule has 0 atom stereocenters. The molecule has 0 amide bonds. The Balaban J connectivity index is 2.40. The van der Waals surface area contributed by atoms with Gasteiger partial charge in [-0.3, -0.25) is 10.1 Å². The minimum atomic E-state index is -0.533. The normalized spacial score (nSPS) is 9.80. The van der Waals surface area contributed by atoms with E-state index in [4.69, 9.17) is 22.6 Å². The van der Waals surface area contributed by atoms with Crippen LogP contribution >= 0.6 is 11.6 Å². The SMILES string of the molecule is N#Cc1ccc(Cl)c(Nc2cc(N)cc([N+](=O)[O-])c2)c1. The summed E-state index contributed by atoms with van der Waals surface area (Å²) in [4.78, 5) is 10.2. The zero-order valence-corrected chi connectivity index (χ0v) is 10.9. The molecular formula is C13H9ClN4O2. The largest absolute Gasteiger partial charge is 0.398 e. The second-order valence-electron chi connectivity index (χ2n) is 4.00. The highest BCUT2D eigenvalue weighted by Crippen LogP contribution is 2.29. The first kappa shape index (κ1) is 13.6. The maximum atomic E-state index is 10.8. The van der Waals surface area contributed by atoms with Gasteiger partial charge in [0.1, 0.15) is 0 Å². The Bertz CT molecular complexity index is 725. The molecule has 0 aromatic heterocycles. The summed E-state index contributed by atoms with van der Waals surface area (Å²) in [6.45, 7) is 0. The first-order valence-corrected chi connectivity index (χ1v) is 5.89. The minimum Gasteiger partial charge on any atom is -0.398 e. The lowest BCUT2D eigenvalue weighted by Crippen LogP contribution is -1.97. The van der Waals surface area contributed by atoms with Crippen LogP contribution in [0.25, 0.3) is 0 Å². The summed E-state index contributed by atoms with van der Waals surface area (Å²) in [5.41, 5.74) is 7.08. The van der Waals surface area contributed by atoms with E-state index in [0.29, 0.717) is 22.0 Å². The first-order chi connectivity index (χ1) is 9.49. The molecule has 0 aliphatic rings. The van der Waals surface area contributed by atoms with Gasteiger partial charge in [0, 0.05) is 23.5 Å². The molecule has 0 bridgehead atoms. The molecule has 7 heteroatoms. The number of nitriles is 1. The third-order valence-corrected chi connectivity index (χ3v) is 2.85. The van der Waals surface area contributed by atoms with Crippen molar-refractivity contribution in [2.45, 2.75) is 0 Å². The van der Waals surface area contributed by atoms with Crippen LogP contribution in [0.4, 0.5) is 22.7 Å². The molecule has 2 rings (SSSR count). The fourth-order valence-electron chi connectivity index (χ4n) is 1.66. The zero-order valence-electron chi connectivity index (χ0n) is 10.1. The number of benzene rings is 2. The molecule has 2 aromatic rings. The minimum absolute atomic E-state index is 0.125. The molecular weight excluding hydrogens is 280 g/mol. The van der Waals surface area contributed by atoms with Gasteiger partial charge < -0.3 is 11.1 Å². The predicted octanol–water partition coefficient (Wildman–Crippen LogP) is 3.45. The number of nitro benzene ring substituents is 1. The van der Waals surface area contributed by atoms with Crippen LogP contribution in [0.3, 0.4) is 0 Å². The summed E-state index contributed by atoms with van der Waals surface area (Å²) in [6, 6.07) is 10.8. The van der Waals surface area contributed by atoms with Crippen LogP contribution in [-0.4, -0.2) is 4.92 Å². The number of rotatable bonds is 3. The van der Waals surface area contributed by atoms with Gasteiger partial charge >= 0.3 is 0 Å². The van der Waals surface area contributed by atoms with Crippen LogP contribution in [0.2, 0.25) is 5.02 Å². The standard InChI is InChI=1S/C13H9ClN4O2/c14-12-2-1-8(7-15)3-13(12)17-10-4-9(16)5-11(6-10)18(19)20/h1-6,17H,16H2. The number of non-ortho nitro benzene ring substituents is 1. The Morgan fingerprint density at radius 3 is 2.70 bits per heavy atom. The third kappa shape index (κ3) is 2.96. The Morgan fingerprint density at radius 2 is 2.05 bits per heavy atom. The maximum absolute atomic E-state index is 10.8. The molecule has 0 spiro atoms. The number of anilines is 3. The fraction of sp³-hybridized carbons (Fsp3) is 0. The van der Waals surface area contributed by atoms with E-state index in [1.54, 1.807) is 24.3 Å². The highest BCUT2D eigenvalue weighted by Gasteiger charge is 2.10. The summed E-state index contributed by atoms with van der Waals surface area (Å²) >= 11 is 6.01. The van der Waals surface area contributed by atoms with Crippen molar-refractivity contribution in [3.63, 3.8) is 0 Å². The van der Waals surface area contributed by atoms with E-state index in [1.165, 1.54) is 12.1 Å². The summed E-state index contributed by atoms with van der Waals surface area (Å²) in [5.74, 6) is 0.